The Morgan fingerprint density at radius 2 is 2.25 bits per heavy atom. The van der Waals surface area contributed by atoms with Gasteiger partial charge in [-0.25, -0.2) is 0 Å². The molecule has 1 aromatic carbocycles. The molecule has 1 saturated carbocycles. The van der Waals surface area contributed by atoms with Gasteiger partial charge in [-0.3, -0.25) is 0 Å². The number of halogens is 1. The maximum absolute atomic E-state index is 10.4. The van der Waals surface area contributed by atoms with Crippen molar-refractivity contribution in [3.8, 4) is 17.6 Å². The predicted octanol–water partition coefficient (Wildman–Crippen LogP) is 3.64. The van der Waals surface area contributed by atoms with E-state index in [1.165, 1.54) is 0 Å². The van der Waals surface area contributed by atoms with Crippen LogP contribution in [0.1, 0.15) is 38.2 Å². The van der Waals surface area contributed by atoms with Crippen molar-refractivity contribution in [1.82, 2.24) is 0 Å². The van der Waals surface area contributed by atoms with Crippen LogP contribution in [0.15, 0.2) is 34.8 Å². The number of aliphatic hydroxyl groups excluding tert-OH is 2. The van der Waals surface area contributed by atoms with Crippen LogP contribution >= 0.6 is 15.9 Å². The largest absolute Gasteiger partial charge is 0.488 e. The number of fused-ring (bicyclic) bond motifs is 3. The minimum absolute atomic E-state index is 0.00359. The lowest BCUT2D eigenvalue weighted by atomic mass is 9.87. The summed E-state index contributed by atoms with van der Waals surface area (Å²) < 4.78 is 7.01. The molecule has 1 heterocycles. The Labute approximate surface area is 151 Å². The van der Waals surface area contributed by atoms with Gasteiger partial charge < -0.3 is 14.9 Å². The van der Waals surface area contributed by atoms with Crippen LogP contribution < -0.4 is 4.74 Å². The molecule has 4 heteroatoms. The average Bonchev–Trinajstić information content (AvgIpc) is 3.06. The van der Waals surface area contributed by atoms with Crippen molar-refractivity contribution in [3.05, 3.63) is 40.4 Å². The molecular formula is C20H23BrO3. The third-order valence-corrected chi connectivity index (χ3v) is 5.70. The van der Waals surface area contributed by atoms with E-state index in [0.717, 1.165) is 15.8 Å². The quantitative estimate of drug-likeness (QED) is 0.609. The summed E-state index contributed by atoms with van der Waals surface area (Å²) in [6.45, 7) is 3.79. The fraction of sp³-hybridized carbons (Fsp3) is 0.500. The Hall–Kier alpha value is -1.28. The summed E-state index contributed by atoms with van der Waals surface area (Å²) in [6.07, 6.45) is 4.07. The van der Waals surface area contributed by atoms with Gasteiger partial charge in [0.1, 0.15) is 11.9 Å². The van der Waals surface area contributed by atoms with E-state index in [0.29, 0.717) is 12.8 Å². The first-order valence-corrected chi connectivity index (χ1v) is 9.21. The molecule has 1 aromatic rings. The van der Waals surface area contributed by atoms with E-state index in [-0.39, 0.29) is 23.9 Å². The maximum atomic E-state index is 10.4. The number of hydrogen-bond donors (Lipinski definition) is 2. The molecule has 24 heavy (non-hydrogen) atoms. The Morgan fingerprint density at radius 3 is 3.00 bits per heavy atom. The van der Waals surface area contributed by atoms with Crippen molar-refractivity contribution >= 4 is 15.9 Å². The van der Waals surface area contributed by atoms with Crippen LogP contribution in [0.3, 0.4) is 0 Å². The average molecular weight is 391 g/mol. The highest BCUT2D eigenvalue weighted by Crippen LogP contribution is 2.52. The van der Waals surface area contributed by atoms with Crippen molar-refractivity contribution in [2.24, 2.45) is 11.8 Å². The molecule has 0 unspecified atom stereocenters. The lowest BCUT2D eigenvalue weighted by molar-refractivity contribution is 0.134. The van der Waals surface area contributed by atoms with Gasteiger partial charge in [0.25, 0.3) is 0 Å². The van der Waals surface area contributed by atoms with Crippen LogP contribution in [0.4, 0.5) is 0 Å². The van der Waals surface area contributed by atoms with Gasteiger partial charge >= 0.3 is 0 Å². The smallest absolute Gasteiger partial charge is 0.137 e. The van der Waals surface area contributed by atoms with Gasteiger partial charge in [-0.05, 0) is 34.8 Å². The summed E-state index contributed by atoms with van der Waals surface area (Å²) in [6, 6.07) is 6.04. The summed E-state index contributed by atoms with van der Waals surface area (Å²) >= 11 is 3.54. The molecule has 0 bridgehead atoms. The van der Waals surface area contributed by atoms with Gasteiger partial charge in [-0.1, -0.05) is 31.2 Å². The predicted molar refractivity (Wildman–Crippen MR) is 97.8 cm³/mol. The van der Waals surface area contributed by atoms with Crippen LogP contribution in [0.5, 0.6) is 5.75 Å². The monoisotopic (exact) mass is 390 g/mol. The van der Waals surface area contributed by atoms with Gasteiger partial charge in [0.05, 0.1) is 16.7 Å². The second-order valence-electron chi connectivity index (χ2n) is 6.70. The molecule has 6 atom stereocenters. The molecule has 128 valence electrons. The molecule has 2 N–H and O–H groups in total. The lowest BCUT2D eigenvalue weighted by Crippen LogP contribution is -2.19. The van der Waals surface area contributed by atoms with Gasteiger partial charge in [0.15, 0.2) is 0 Å². The second-order valence-corrected chi connectivity index (χ2v) is 7.56. The maximum Gasteiger partial charge on any atom is 0.137 e. The van der Waals surface area contributed by atoms with E-state index in [4.69, 9.17) is 4.74 Å². The fourth-order valence-corrected chi connectivity index (χ4v) is 4.16. The molecule has 3 rings (SSSR count). The summed E-state index contributed by atoms with van der Waals surface area (Å²) in [7, 11) is 0. The van der Waals surface area contributed by atoms with Gasteiger partial charge in [0.2, 0.25) is 0 Å². The third-order valence-electron chi connectivity index (χ3n) is 5.07. The first kappa shape index (κ1) is 17.5. The summed E-state index contributed by atoms with van der Waals surface area (Å²) in [5.74, 6) is 6.93. The molecule has 0 radical (unpaired) electrons. The number of benzene rings is 1. The number of para-hydroxylation sites is 1. The number of rotatable bonds is 4. The van der Waals surface area contributed by atoms with Crippen molar-refractivity contribution in [2.75, 3.05) is 0 Å². The molecule has 0 spiro atoms. The van der Waals surface area contributed by atoms with Crippen molar-refractivity contribution in [2.45, 2.75) is 50.9 Å². The molecule has 1 aliphatic carbocycles. The first-order chi connectivity index (χ1) is 11.5. The van der Waals surface area contributed by atoms with E-state index < -0.39 is 12.2 Å². The second kappa shape index (κ2) is 7.31. The Balaban J connectivity index is 1.77. The van der Waals surface area contributed by atoms with Crippen LogP contribution in [0.25, 0.3) is 0 Å². The van der Waals surface area contributed by atoms with Crippen LogP contribution in [-0.2, 0) is 0 Å². The normalized spacial score (nSPS) is 30.2. The molecule has 0 saturated heterocycles. The zero-order valence-corrected chi connectivity index (χ0v) is 15.5. The van der Waals surface area contributed by atoms with Crippen molar-refractivity contribution in [1.29, 1.82) is 0 Å². The fourth-order valence-electron chi connectivity index (χ4n) is 3.69. The van der Waals surface area contributed by atoms with E-state index in [9.17, 15) is 10.2 Å². The summed E-state index contributed by atoms with van der Waals surface area (Å²) in [5, 5.41) is 20.7. The van der Waals surface area contributed by atoms with E-state index in [1.807, 2.05) is 31.2 Å². The standard InChI is InChI=1S/C20H23BrO3/c1-3-4-6-12(2)16(22)10-9-13-17(23)11-18-19(13)14-7-5-8-15(21)20(14)24-18/h5,7-10,12-13,16-19,22-23H,6,11H2,1-2H3/b10-9+/t12-,13-,16+,17+,18-,19-/m0/s1. The van der Waals surface area contributed by atoms with Crippen molar-refractivity contribution < 1.29 is 14.9 Å². The third kappa shape index (κ3) is 3.26. The van der Waals surface area contributed by atoms with Crippen LogP contribution in [0, 0.1) is 23.7 Å². The van der Waals surface area contributed by atoms with Gasteiger partial charge in [-0.2, -0.15) is 0 Å². The Morgan fingerprint density at radius 1 is 1.46 bits per heavy atom. The minimum atomic E-state index is -0.554. The van der Waals surface area contributed by atoms with E-state index >= 15 is 0 Å². The van der Waals surface area contributed by atoms with Crippen LogP contribution in [0.2, 0.25) is 0 Å². The number of aliphatic hydroxyl groups is 2. The zero-order valence-electron chi connectivity index (χ0n) is 13.9. The molecule has 0 aromatic heterocycles. The molecule has 1 fully saturated rings. The lowest BCUT2D eigenvalue weighted by Gasteiger charge is -2.19. The highest BCUT2D eigenvalue weighted by atomic mass is 79.9. The van der Waals surface area contributed by atoms with E-state index in [2.05, 4.69) is 33.8 Å². The summed E-state index contributed by atoms with van der Waals surface area (Å²) in [5.41, 5.74) is 1.14. The summed E-state index contributed by atoms with van der Waals surface area (Å²) in [4.78, 5) is 0. The molecule has 3 nitrogen and oxygen atoms in total. The highest BCUT2D eigenvalue weighted by molar-refractivity contribution is 9.10. The molecule has 0 amide bonds. The zero-order chi connectivity index (χ0) is 17.3. The minimum Gasteiger partial charge on any atom is -0.488 e. The molecular weight excluding hydrogens is 368 g/mol. The Kier molecular flexibility index (Phi) is 5.34. The van der Waals surface area contributed by atoms with Crippen LogP contribution in [-0.4, -0.2) is 28.5 Å². The van der Waals surface area contributed by atoms with Gasteiger partial charge in [0, 0.05) is 30.2 Å². The SMILES string of the molecule is CC#CC[C@H](C)[C@H](O)/C=C/[C@@H]1[C@H]2c3cccc(Br)c3O[C@H]2C[C@H]1O. The number of ether oxygens (including phenoxy) is 1. The molecule has 1 aliphatic heterocycles. The van der Waals surface area contributed by atoms with E-state index in [1.54, 1.807) is 6.92 Å². The first-order valence-electron chi connectivity index (χ1n) is 8.42. The topological polar surface area (TPSA) is 49.7 Å². The highest BCUT2D eigenvalue weighted by Gasteiger charge is 2.48. The Bertz CT molecular complexity index is 688. The number of hydrogen-bond acceptors (Lipinski definition) is 3. The molecule has 2 aliphatic rings. The van der Waals surface area contributed by atoms with Crippen molar-refractivity contribution in [3.63, 3.8) is 0 Å². The van der Waals surface area contributed by atoms with Gasteiger partial charge in [-0.15, -0.1) is 11.8 Å².